The van der Waals surface area contributed by atoms with E-state index >= 15 is 58.2 Å². The number of ether oxygens (including phenoxy) is 1. The molecule has 0 radical (unpaired) electrons. The molecule has 0 unspecified atom stereocenters. The van der Waals surface area contributed by atoms with Gasteiger partial charge in [0.1, 0.15) is 0 Å². The summed E-state index contributed by atoms with van der Waals surface area (Å²) < 4.78 is 7.80. The zero-order valence-electron chi connectivity index (χ0n) is 51.9. The Morgan fingerprint density at radius 1 is 0.343 bits per heavy atom. The van der Waals surface area contributed by atoms with Crippen molar-refractivity contribution in [2.45, 2.75) is 28.1 Å². The number of imidazole rings is 1. The van der Waals surface area contributed by atoms with E-state index < -0.39 is 148 Å². The summed E-state index contributed by atoms with van der Waals surface area (Å²) in [4.78, 5) is 182. The van der Waals surface area contributed by atoms with E-state index in [0.29, 0.717) is 9.47 Å². The number of ketones is 8. The van der Waals surface area contributed by atoms with E-state index in [-0.39, 0.29) is 22.3 Å². The van der Waals surface area contributed by atoms with Gasteiger partial charge in [0, 0.05) is 55.6 Å². The van der Waals surface area contributed by atoms with Crippen LogP contribution < -0.4 is 4.90 Å². The number of amides is 2. The lowest BCUT2D eigenvalue weighted by Gasteiger charge is -2.49. The summed E-state index contributed by atoms with van der Waals surface area (Å²) in [7, 11) is 0. The number of benzene rings is 10. The fourth-order valence-electron chi connectivity index (χ4n) is 12.7. The molecule has 19 heteroatoms. The molecule has 1 fully saturated rings. The van der Waals surface area contributed by atoms with Crippen molar-refractivity contribution < 1.29 is 68.0 Å². The smallest absolute Gasteiger partial charge is 0.266 e. The van der Waals surface area contributed by atoms with Crippen LogP contribution >= 0.6 is 0 Å². The average Bonchev–Trinajstić information content (AvgIpc) is 1.47. The number of Topliss-reactive ketones (excluding diaryl/α,β-unsaturated/α-hetero) is 6. The summed E-state index contributed by atoms with van der Waals surface area (Å²) in [6, 6.07) is 65.7. The Bertz CT molecular complexity index is 5070. The number of hydrogen-bond acceptors (Lipinski definition) is 17. The van der Waals surface area contributed by atoms with Crippen LogP contribution in [0.25, 0.3) is 11.2 Å². The van der Waals surface area contributed by atoms with Crippen LogP contribution in [0.4, 0.5) is 5.82 Å². The van der Waals surface area contributed by atoms with Crippen molar-refractivity contribution in [1.29, 1.82) is 0 Å². The number of aliphatic hydroxyl groups is 3. The molecule has 99 heavy (non-hydrogen) atoms. The van der Waals surface area contributed by atoms with Crippen molar-refractivity contribution in [2.24, 2.45) is 0 Å². The van der Waals surface area contributed by atoms with E-state index in [2.05, 4.69) is 4.98 Å². The normalized spacial score (nSPS) is 18.0. The average molecular weight is 1310 g/mol. The highest BCUT2D eigenvalue weighted by Gasteiger charge is 2.95. The van der Waals surface area contributed by atoms with Crippen molar-refractivity contribution in [3.63, 3.8) is 0 Å². The number of carbonyl (C=O) groups excluding carboxylic acids is 10. The maximum absolute atomic E-state index is 17.9. The molecule has 3 N–H and O–H groups in total. The standard InChI is InChI=1S/C80H53N5O14/c86-62(51-31-11-1-12-32-51)70-82-71(84(74(94)59-47-27-9-28-48-59)75(95)60-49-29-10-30-50-60)61-72(83-70)85(73(81-61)63(87)52-33-13-2-14-34-52)80(69(93)58-45-25-8-26-46-58)78(98,67(91)56-41-21-6-22-42-56)77(97,66(90)55-39-19-5-20-40-55)79(99-80,68(92)57-43-23-7-24-44-57)76(96,64(88)53-35-15-3-16-36-53)65(89)54-37-17-4-18-38-54/h1-50,96-98H/t77-,78+,79+,80+/m0/s1. The SMILES string of the molecule is O=C(c1ccccc1)c1nc(N(C(=O)c2ccccc2)C(=O)c2ccccc2)c2nc(C(=O)c3ccccc3)n([C@]3(C(=O)c4ccccc4)O[C@](C(=O)c4ccccc4)(C(O)(C(=O)c4ccccc4)C(=O)c4ccccc4)[C@](O)(C(=O)c4ccccc4)[C@]3(O)C(=O)c3ccccc3)c2n1. The van der Waals surface area contributed by atoms with Gasteiger partial charge in [-0.2, -0.15) is 0 Å². The molecule has 1 aliphatic rings. The highest BCUT2D eigenvalue weighted by molar-refractivity contribution is 6.33. The molecule has 1 saturated heterocycles. The first-order valence-corrected chi connectivity index (χ1v) is 30.9. The number of nitrogens with zero attached hydrogens (tertiary/aromatic N) is 5. The minimum Gasteiger partial charge on any atom is -0.375 e. The molecular formula is C80H53N5O14. The van der Waals surface area contributed by atoms with Crippen molar-refractivity contribution >= 4 is 75.1 Å². The summed E-state index contributed by atoms with van der Waals surface area (Å²) in [6.07, 6.45) is 0. The number of anilines is 1. The van der Waals surface area contributed by atoms with Gasteiger partial charge in [0.2, 0.25) is 74.5 Å². The van der Waals surface area contributed by atoms with Crippen LogP contribution in [0.2, 0.25) is 0 Å². The number of aromatic nitrogens is 4. The molecule has 0 saturated carbocycles. The molecule has 1 aliphatic heterocycles. The van der Waals surface area contributed by atoms with Crippen LogP contribution in [0.3, 0.4) is 0 Å². The lowest BCUT2D eigenvalue weighted by Crippen LogP contribution is -2.82. The summed E-state index contributed by atoms with van der Waals surface area (Å²) in [5, 5.41) is 46.4. The van der Waals surface area contributed by atoms with E-state index in [1.54, 1.807) is 18.2 Å². The van der Waals surface area contributed by atoms with Crippen LogP contribution in [0.15, 0.2) is 303 Å². The van der Waals surface area contributed by atoms with E-state index in [1.807, 2.05) is 0 Å². The minimum atomic E-state index is -4.88. The van der Waals surface area contributed by atoms with Gasteiger partial charge in [-0.3, -0.25) is 52.5 Å². The van der Waals surface area contributed by atoms with Crippen LogP contribution in [0.5, 0.6) is 0 Å². The van der Waals surface area contributed by atoms with E-state index in [9.17, 15) is 5.11 Å². The Balaban J connectivity index is 1.33. The summed E-state index contributed by atoms with van der Waals surface area (Å²) in [6.45, 7) is 0. The Morgan fingerprint density at radius 2 is 0.646 bits per heavy atom. The molecule has 13 rings (SSSR count). The third-order valence-corrected chi connectivity index (χ3v) is 17.4. The first kappa shape index (κ1) is 64.8. The molecule has 2 amide bonds. The summed E-state index contributed by atoms with van der Waals surface area (Å²) in [5.74, 6) is -19.3. The number of carbonyl (C=O) groups is 10. The fraction of sp³-hybridized carbons (Fsp3) is 0.0625. The van der Waals surface area contributed by atoms with Crippen LogP contribution in [-0.4, -0.2) is 115 Å². The molecule has 19 nitrogen and oxygen atoms in total. The van der Waals surface area contributed by atoms with E-state index in [1.165, 1.54) is 212 Å². The molecule has 2 aromatic heterocycles. The number of fused-ring (bicyclic) bond motifs is 1. The predicted octanol–water partition coefficient (Wildman–Crippen LogP) is 10.7. The maximum Gasteiger partial charge on any atom is 0.266 e. The van der Waals surface area contributed by atoms with Gasteiger partial charge in [0.25, 0.3) is 17.5 Å². The van der Waals surface area contributed by atoms with Crippen LogP contribution in [-0.2, 0) is 10.5 Å². The summed E-state index contributed by atoms with van der Waals surface area (Å²) >= 11 is 0. The minimum absolute atomic E-state index is 0.160. The second-order valence-electron chi connectivity index (χ2n) is 23.1. The Labute approximate surface area is 563 Å². The maximum atomic E-state index is 17.9. The zero-order chi connectivity index (χ0) is 69.3. The van der Waals surface area contributed by atoms with Gasteiger partial charge in [-0.25, -0.2) is 19.9 Å². The molecule has 10 aromatic carbocycles. The first-order valence-electron chi connectivity index (χ1n) is 30.9. The highest BCUT2D eigenvalue weighted by atomic mass is 16.6. The molecule has 0 spiro atoms. The largest absolute Gasteiger partial charge is 0.375 e. The van der Waals surface area contributed by atoms with Gasteiger partial charge >= 0.3 is 0 Å². The van der Waals surface area contributed by atoms with Gasteiger partial charge in [0.05, 0.1) is 0 Å². The highest BCUT2D eigenvalue weighted by Crippen LogP contribution is 2.64. The third kappa shape index (κ3) is 10.3. The topological polar surface area (TPSA) is 287 Å². The molecular weight excluding hydrogens is 1250 g/mol. The van der Waals surface area contributed by atoms with Crippen molar-refractivity contribution in [2.75, 3.05) is 4.90 Å². The molecule has 4 atom stereocenters. The molecule has 482 valence electrons. The van der Waals surface area contributed by atoms with Gasteiger partial charge in [0.15, 0.2) is 22.8 Å². The molecule has 3 heterocycles. The van der Waals surface area contributed by atoms with Crippen molar-refractivity contribution in [3.05, 3.63) is 371 Å². The predicted molar refractivity (Wildman–Crippen MR) is 360 cm³/mol. The molecule has 0 aliphatic carbocycles. The summed E-state index contributed by atoms with van der Waals surface area (Å²) in [5.41, 5.74) is -30.5. The zero-order valence-corrected chi connectivity index (χ0v) is 51.9. The lowest BCUT2D eigenvalue weighted by atomic mass is 9.54. The Morgan fingerprint density at radius 3 is 1.02 bits per heavy atom. The van der Waals surface area contributed by atoms with E-state index in [4.69, 9.17) is 14.7 Å². The van der Waals surface area contributed by atoms with Gasteiger partial charge in [-0.1, -0.05) is 279 Å². The molecule has 12 aromatic rings. The van der Waals surface area contributed by atoms with E-state index in [0.717, 1.165) is 72.8 Å². The lowest BCUT2D eigenvalue weighted by molar-refractivity contribution is -0.184. The third-order valence-electron chi connectivity index (χ3n) is 17.4. The molecule has 0 bridgehead atoms. The quantitative estimate of drug-likeness (QED) is 0.0342. The van der Waals surface area contributed by atoms with Gasteiger partial charge in [-0.05, 0) is 24.3 Å². The fourth-order valence-corrected chi connectivity index (χ4v) is 12.7. The van der Waals surface area contributed by atoms with Crippen molar-refractivity contribution in [1.82, 2.24) is 19.5 Å². The van der Waals surface area contributed by atoms with Gasteiger partial charge in [-0.15, -0.1) is 0 Å². The number of imide groups is 1. The second kappa shape index (κ2) is 26.0. The Hall–Kier alpha value is -12.9. The van der Waals surface area contributed by atoms with Crippen LogP contribution in [0, 0.1) is 0 Å². The Kier molecular flexibility index (Phi) is 17.0. The monoisotopic (exact) mass is 1310 g/mol. The number of hydrogen-bond donors (Lipinski definition) is 3. The van der Waals surface area contributed by atoms with Gasteiger partial charge < -0.3 is 20.1 Å². The number of rotatable bonds is 21. The van der Waals surface area contributed by atoms with Crippen molar-refractivity contribution in [3.8, 4) is 0 Å². The second-order valence-corrected chi connectivity index (χ2v) is 23.1. The van der Waals surface area contributed by atoms with Crippen LogP contribution in [0.1, 0.15) is 115 Å². The first-order chi connectivity index (χ1) is 47.9.